The van der Waals surface area contributed by atoms with Crippen LogP contribution in [0.5, 0.6) is 17.2 Å². The number of aromatic nitrogens is 1. The number of hydrogen-bond donors (Lipinski definition) is 0. The monoisotopic (exact) mass is 407 g/mol. The van der Waals surface area contributed by atoms with Crippen LogP contribution >= 0.6 is 0 Å². The first-order chi connectivity index (χ1) is 14.6. The van der Waals surface area contributed by atoms with Crippen LogP contribution in [0.2, 0.25) is 0 Å². The topological polar surface area (TPSA) is 76.0 Å². The average Bonchev–Trinajstić information content (AvgIpc) is 3.55. The highest BCUT2D eigenvalue weighted by atomic mass is 16.6. The highest BCUT2D eigenvalue weighted by Crippen LogP contribution is 2.42. The number of rotatable bonds is 4. The summed E-state index contributed by atoms with van der Waals surface area (Å²) in [6.07, 6.45) is 1.30. The Hall–Kier alpha value is -3.48. The van der Waals surface area contributed by atoms with Crippen LogP contribution in [-0.2, 0) is 9.53 Å². The van der Waals surface area contributed by atoms with Gasteiger partial charge in [0.1, 0.15) is 12.4 Å². The van der Waals surface area contributed by atoms with E-state index in [-0.39, 0.29) is 6.61 Å². The van der Waals surface area contributed by atoms with Crippen LogP contribution in [0.25, 0.3) is 10.9 Å². The lowest BCUT2D eigenvalue weighted by atomic mass is 10.1. The first kappa shape index (κ1) is 18.5. The van der Waals surface area contributed by atoms with Crippen LogP contribution in [0, 0.1) is 6.92 Å². The molecule has 1 aliphatic carbocycles. The number of benzene rings is 2. The third-order valence-electron chi connectivity index (χ3n) is 5.51. The molecule has 5 rings (SSSR count). The molecule has 0 spiro atoms. The average molecular weight is 407 g/mol. The van der Waals surface area contributed by atoms with E-state index in [4.69, 9.17) is 18.9 Å². The standard InChI is InChI=1S/C23H21NO6/c1-13-21(23(26)27-2)16-11-15(9-10-17(16)24(13)14-7-8-14)29-22(25)20-12-28-18-5-3-4-6-19(18)30-20/h3-6,9-11,14,20H,7-8,12H2,1-2H3/t20-/m1/s1. The van der Waals surface area contributed by atoms with Crippen LogP contribution in [0.1, 0.15) is 34.9 Å². The molecule has 1 fully saturated rings. The van der Waals surface area contributed by atoms with E-state index in [1.54, 1.807) is 24.3 Å². The zero-order valence-electron chi connectivity index (χ0n) is 16.7. The fraction of sp³-hybridized carbons (Fsp3) is 0.304. The Labute approximate surface area is 173 Å². The van der Waals surface area contributed by atoms with Crippen LogP contribution in [0.15, 0.2) is 42.5 Å². The zero-order chi connectivity index (χ0) is 20.8. The Balaban J connectivity index is 1.44. The Morgan fingerprint density at radius 3 is 2.60 bits per heavy atom. The molecule has 7 nitrogen and oxygen atoms in total. The zero-order valence-corrected chi connectivity index (χ0v) is 16.7. The van der Waals surface area contributed by atoms with Crippen molar-refractivity contribution in [1.29, 1.82) is 0 Å². The van der Waals surface area contributed by atoms with E-state index in [2.05, 4.69) is 4.57 Å². The van der Waals surface area contributed by atoms with E-state index >= 15 is 0 Å². The first-order valence-corrected chi connectivity index (χ1v) is 9.90. The van der Waals surface area contributed by atoms with Gasteiger partial charge in [-0.05, 0) is 50.1 Å². The van der Waals surface area contributed by atoms with Crippen molar-refractivity contribution < 1.29 is 28.5 Å². The molecule has 1 aromatic heterocycles. The van der Waals surface area contributed by atoms with Gasteiger partial charge in [-0.2, -0.15) is 0 Å². The number of nitrogens with zero attached hydrogens (tertiary/aromatic N) is 1. The molecule has 7 heteroatoms. The molecule has 0 radical (unpaired) electrons. The van der Waals surface area contributed by atoms with Gasteiger partial charge in [-0.3, -0.25) is 0 Å². The Kier molecular flexibility index (Phi) is 4.38. The summed E-state index contributed by atoms with van der Waals surface area (Å²) >= 11 is 0. The second-order valence-electron chi connectivity index (χ2n) is 7.52. The van der Waals surface area contributed by atoms with Gasteiger partial charge >= 0.3 is 11.9 Å². The minimum absolute atomic E-state index is 0.0721. The van der Waals surface area contributed by atoms with E-state index < -0.39 is 18.0 Å². The predicted octanol–water partition coefficient (Wildman–Crippen LogP) is 3.82. The predicted molar refractivity (Wildman–Crippen MR) is 108 cm³/mol. The number of ether oxygens (including phenoxy) is 4. The molecule has 2 heterocycles. The summed E-state index contributed by atoms with van der Waals surface area (Å²) in [7, 11) is 1.37. The second kappa shape index (κ2) is 7.09. The molecule has 1 atom stereocenters. The summed E-state index contributed by atoms with van der Waals surface area (Å²) in [6, 6.07) is 12.9. The molecule has 154 valence electrons. The van der Waals surface area contributed by atoms with Crippen LogP contribution < -0.4 is 14.2 Å². The molecule has 0 N–H and O–H groups in total. The summed E-state index contributed by atoms with van der Waals surface area (Å²) in [4.78, 5) is 25.1. The molecule has 1 saturated carbocycles. The molecule has 0 saturated heterocycles. The van der Waals surface area contributed by atoms with Gasteiger partial charge in [-0.1, -0.05) is 12.1 Å². The van der Waals surface area contributed by atoms with Crippen molar-refractivity contribution in [2.45, 2.75) is 31.9 Å². The van der Waals surface area contributed by atoms with E-state index in [1.165, 1.54) is 7.11 Å². The third kappa shape index (κ3) is 3.07. The molecule has 3 aromatic rings. The Morgan fingerprint density at radius 2 is 1.87 bits per heavy atom. The lowest BCUT2D eigenvalue weighted by Crippen LogP contribution is -2.39. The number of para-hydroxylation sites is 2. The molecule has 0 bridgehead atoms. The number of carbonyl (C=O) groups excluding carboxylic acids is 2. The van der Waals surface area contributed by atoms with E-state index in [0.29, 0.717) is 34.2 Å². The number of carbonyl (C=O) groups is 2. The molecule has 0 unspecified atom stereocenters. The van der Waals surface area contributed by atoms with E-state index in [9.17, 15) is 9.59 Å². The van der Waals surface area contributed by atoms with Gasteiger partial charge in [0.05, 0.1) is 12.7 Å². The smallest absolute Gasteiger partial charge is 0.356 e. The number of esters is 2. The SMILES string of the molecule is COC(=O)c1c(C)n(C2CC2)c2ccc(OC(=O)[C@H]3COc4ccccc4O3)cc12. The van der Waals surface area contributed by atoms with Gasteiger partial charge in [0.25, 0.3) is 0 Å². The Bertz CT molecular complexity index is 1160. The van der Waals surface area contributed by atoms with Gasteiger partial charge in [-0.25, -0.2) is 9.59 Å². The molecule has 30 heavy (non-hydrogen) atoms. The van der Waals surface area contributed by atoms with Gasteiger partial charge in [0.15, 0.2) is 11.5 Å². The third-order valence-corrected chi connectivity index (χ3v) is 5.51. The van der Waals surface area contributed by atoms with E-state index in [0.717, 1.165) is 24.1 Å². The quantitative estimate of drug-likeness (QED) is 0.484. The summed E-state index contributed by atoms with van der Waals surface area (Å²) < 4.78 is 24.0. The van der Waals surface area contributed by atoms with Crippen molar-refractivity contribution in [3.63, 3.8) is 0 Å². The maximum absolute atomic E-state index is 12.7. The van der Waals surface area contributed by atoms with Crippen molar-refractivity contribution in [3.05, 3.63) is 53.7 Å². The maximum Gasteiger partial charge on any atom is 0.356 e. The van der Waals surface area contributed by atoms with Crippen molar-refractivity contribution in [2.75, 3.05) is 13.7 Å². The molecular formula is C23H21NO6. The lowest BCUT2D eigenvalue weighted by molar-refractivity contribution is -0.144. The van der Waals surface area contributed by atoms with Gasteiger partial charge < -0.3 is 23.5 Å². The van der Waals surface area contributed by atoms with Crippen molar-refractivity contribution in [2.24, 2.45) is 0 Å². The second-order valence-corrected chi connectivity index (χ2v) is 7.52. The molecular weight excluding hydrogens is 386 g/mol. The maximum atomic E-state index is 12.7. The van der Waals surface area contributed by atoms with E-state index in [1.807, 2.05) is 25.1 Å². The molecule has 1 aliphatic heterocycles. The fourth-order valence-electron chi connectivity index (χ4n) is 3.97. The fourth-order valence-corrected chi connectivity index (χ4v) is 3.97. The minimum Gasteiger partial charge on any atom is -0.485 e. The van der Waals surface area contributed by atoms with Crippen LogP contribution in [0.3, 0.4) is 0 Å². The summed E-state index contributed by atoms with van der Waals surface area (Å²) in [6.45, 7) is 1.99. The summed E-state index contributed by atoms with van der Waals surface area (Å²) in [5, 5.41) is 0.711. The number of hydrogen-bond acceptors (Lipinski definition) is 6. The van der Waals surface area contributed by atoms with Crippen molar-refractivity contribution in [1.82, 2.24) is 4.57 Å². The van der Waals surface area contributed by atoms with Crippen LogP contribution in [0.4, 0.5) is 0 Å². The summed E-state index contributed by atoms with van der Waals surface area (Å²) in [5.41, 5.74) is 2.30. The highest BCUT2D eigenvalue weighted by Gasteiger charge is 2.32. The normalized spacial score (nSPS) is 17.6. The van der Waals surface area contributed by atoms with Gasteiger partial charge in [-0.15, -0.1) is 0 Å². The van der Waals surface area contributed by atoms with Gasteiger partial charge in [0.2, 0.25) is 6.10 Å². The van der Waals surface area contributed by atoms with Crippen molar-refractivity contribution in [3.8, 4) is 17.2 Å². The first-order valence-electron chi connectivity index (χ1n) is 9.90. The Morgan fingerprint density at radius 1 is 1.10 bits per heavy atom. The largest absolute Gasteiger partial charge is 0.485 e. The molecule has 2 aliphatic rings. The van der Waals surface area contributed by atoms with Crippen molar-refractivity contribution >= 4 is 22.8 Å². The van der Waals surface area contributed by atoms with Gasteiger partial charge in [0, 0.05) is 22.6 Å². The summed E-state index contributed by atoms with van der Waals surface area (Å²) in [5.74, 6) is 0.490. The molecule has 2 aromatic carbocycles. The lowest BCUT2D eigenvalue weighted by Gasteiger charge is -2.24. The number of fused-ring (bicyclic) bond motifs is 2. The number of methoxy groups -OCH3 is 1. The van der Waals surface area contributed by atoms with Crippen LogP contribution in [-0.4, -0.2) is 36.3 Å². The minimum atomic E-state index is -0.867. The molecule has 0 amide bonds. The highest BCUT2D eigenvalue weighted by molar-refractivity contribution is 6.06.